The molecule has 1 aliphatic heterocycles. The Kier molecular flexibility index (Phi) is 6.50. The Labute approximate surface area is 138 Å². The fourth-order valence-corrected chi connectivity index (χ4v) is 1.56. The summed E-state index contributed by atoms with van der Waals surface area (Å²) in [4.78, 5) is 23.7. The van der Waals surface area contributed by atoms with Gasteiger partial charge < -0.3 is 9.84 Å². The molecule has 1 N–H and O–H groups in total. The molecule has 0 unspecified atom stereocenters. The first kappa shape index (κ1) is 16.4. The van der Waals surface area contributed by atoms with Crippen LogP contribution in [-0.2, 0) is 9.53 Å². The van der Waals surface area contributed by atoms with Gasteiger partial charge in [-0.3, -0.25) is 4.90 Å². The first-order valence-electron chi connectivity index (χ1n) is 5.04. The molecule has 0 aromatic carbocycles. The van der Waals surface area contributed by atoms with E-state index in [2.05, 4.69) is 0 Å². The molecule has 0 spiro atoms. The number of hydrogen-bond acceptors (Lipinski definition) is 3. The van der Waals surface area contributed by atoms with Crippen molar-refractivity contribution in [2.24, 2.45) is 0 Å². The summed E-state index contributed by atoms with van der Waals surface area (Å²) in [6.07, 6.45) is 0.692. The van der Waals surface area contributed by atoms with Crippen LogP contribution in [0.1, 0.15) is 33.6 Å². The van der Waals surface area contributed by atoms with Crippen molar-refractivity contribution in [1.82, 2.24) is 4.90 Å². The topological polar surface area (TPSA) is 66.8 Å². The van der Waals surface area contributed by atoms with Crippen LogP contribution in [0.3, 0.4) is 0 Å². The van der Waals surface area contributed by atoms with Gasteiger partial charge in [-0.1, -0.05) is 0 Å². The van der Waals surface area contributed by atoms with Crippen molar-refractivity contribution in [1.29, 1.82) is 0 Å². The van der Waals surface area contributed by atoms with E-state index < -0.39 is 23.7 Å². The summed E-state index contributed by atoms with van der Waals surface area (Å²) in [6.45, 7) is 5.75. The molecule has 88 valence electrons. The van der Waals surface area contributed by atoms with Crippen molar-refractivity contribution in [3.63, 3.8) is 0 Å². The van der Waals surface area contributed by atoms with E-state index in [1.54, 1.807) is 20.8 Å². The van der Waals surface area contributed by atoms with E-state index in [-0.39, 0.29) is 51.4 Å². The van der Waals surface area contributed by atoms with Crippen LogP contribution in [0.15, 0.2) is 0 Å². The van der Waals surface area contributed by atoms with Gasteiger partial charge in [0.15, 0.2) is 0 Å². The molecule has 0 bridgehead atoms. The maximum atomic E-state index is 11.6. The second-order valence-electron chi connectivity index (χ2n) is 4.67. The van der Waals surface area contributed by atoms with Gasteiger partial charge in [0.2, 0.25) is 0 Å². The molecule has 1 rings (SSSR count). The zero-order valence-electron chi connectivity index (χ0n) is 9.32. The van der Waals surface area contributed by atoms with Gasteiger partial charge >= 0.3 is 63.4 Å². The van der Waals surface area contributed by atoms with E-state index in [0.717, 1.165) is 6.42 Å². The van der Waals surface area contributed by atoms with Gasteiger partial charge in [0.05, 0.1) is 0 Å². The third-order valence-electron chi connectivity index (χ3n) is 2.17. The summed E-state index contributed by atoms with van der Waals surface area (Å²) in [6, 6.07) is -0.722. The Morgan fingerprint density at radius 2 is 1.94 bits per heavy atom. The molecule has 6 heteroatoms. The average molecular weight is 255 g/mol. The van der Waals surface area contributed by atoms with Gasteiger partial charge in [-0.25, -0.2) is 9.59 Å². The maximum absolute atomic E-state index is 11.6. The second-order valence-corrected chi connectivity index (χ2v) is 4.67. The summed E-state index contributed by atoms with van der Waals surface area (Å²) >= 11 is 0. The minimum atomic E-state index is -0.960. The number of carboxylic acids is 1. The molecule has 1 heterocycles. The van der Waals surface area contributed by atoms with Crippen molar-refractivity contribution >= 4 is 63.4 Å². The SMILES string of the molecule is CC(C)(C)OC(=O)N1CCC[C@H]1C(=O)O.[KH]. The van der Waals surface area contributed by atoms with Crippen molar-refractivity contribution < 1.29 is 19.4 Å². The van der Waals surface area contributed by atoms with Gasteiger partial charge in [-0.15, -0.1) is 0 Å². The Hall–Kier alpha value is 0.376. The molecule has 0 aromatic rings. The summed E-state index contributed by atoms with van der Waals surface area (Å²) < 4.78 is 5.13. The van der Waals surface area contributed by atoms with Crippen molar-refractivity contribution in [3.05, 3.63) is 0 Å². The summed E-state index contributed by atoms with van der Waals surface area (Å²) in [5.41, 5.74) is -0.581. The number of hydrogen-bond donors (Lipinski definition) is 1. The number of ether oxygens (including phenoxy) is 1. The van der Waals surface area contributed by atoms with Gasteiger partial charge in [0, 0.05) is 6.54 Å². The van der Waals surface area contributed by atoms with E-state index in [1.807, 2.05) is 0 Å². The number of amides is 1. The standard InChI is InChI=1S/C10H17NO4.K.H/c1-10(2,3)15-9(14)11-6-4-5-7(11)8(12)13;;/h7H,4-6H2,1-3H3,(H,12,13);;/t7-;;/m0../s1. The first-order valence-corrected chi connectivity index (χ1v) is 5.04. The van der Waals surface area contributed by atoms with Crippen molar-refractivity contribution in [2.45, 2.75) is 45.3 Å². The zero-order valence-corrected chi connectivity index (χ0v) is 9.32. The molecule has 0 aliphatic carbocycles. The van der Waals surface area contributed by atoms with Gasteiger partial charge in [0.1, 0.15) is 11.6 Å². The van der Waals surface area contributed by atoms with E-state index in [0.29, 0.717) is 13.0 Å². The molecule has 0 saturated carbocycles. The Morgan fingerprint density at radius 1 is 1.38 bits per heavy atom. The predicted molar refractivity (Wildman–Crippen MR) is 60.7 cm³/mol. The number of aliphatic carboxylic acids is 1. The van der Waals surface area contributed by atoms with E-state index in [9.17, 15) is 9.59 Å². The fraction of sp³-hybridized carbons (Fsp3) is 0.800. The molecule has 1 aliphatic rings. The van der Waals surface area contributed by atoms with Gasteiger partial charge in [0.25, 0.3) is 0 Å². The molecule has 0 aromatic heterocycles. The summed E-state index contributed by atoms with van der Waals surface area (Å²) in [5, 5.41) is 8.88. The van der Waals surface area contributed by atoms with Crippen LogP contribution in [0.25, 0.3) is 0 Å². The van der Waals surface area contributed by atoms with Crippen LogP contribution in [0.4, 0.5) is 4.79 Å². The normalized spacial score (nSPS) is 20.2. The molecule has 0 radical (unpaired) electrons. The first-order chi connectivity index (χ1) is 6.81. The molecule has 5 nitrogen and oxygen atoms in total. The Morgan fingerprint density at radius 3 is 2.38 bits per heavy atom. The average Bonchev–Trinajstić information content (AvgIpc) is 2.47. The summed E-state index contributed by atoms with van der Waals surface area (Å²) in [7, 11) is 0. The van der Waals surface area contributed by atoms with Gasteiger partial charge in [-0.05, 0) is 33.6 Å². The van der Waals surface area contributed by atoms with Crippen LogP contribution in [0.5, 0.6) is 0 Å². The third kappa shape index (κ3) is 4.71. The number of carbonyl (C=O) groups is 2. The monoisotopic (exact) mass is 255 g/mol. The molecule has 16 heavy (non-hydrogen) atoms. The molecular formula is C10H18KNO4. The van der Waals surface area contributed by atoms with Crippen molar-refractivity contribution in [3.8, 4) is 0 Å². The summed E-state index contributed by atoms with van der Waals surface area (Å²) in [5.74, 6) is -0.960. The number of carboxylic acid groups (broad SMARTS) is 1. The minimum absolute atomic E-state index is 0. The van der Waals surface area contributed by atoms with Crippen LogP contribution >= 0.6 is 0 Å². The van der Waals surface area contributed by atoms with Crippen LogP contribution in [0, 0.1) is 0 Å². The Bertz CT molecular complexity index is 274. The molecule has 1 amide bonds. The van der Waals surface area contributed by atoms with E-state index in [4.69, 9.17) is 9.84 Å². The van der Waals surface area contributed by atoms with Crippen LogP contribution in [-0.4, -0.2) is 91.6 Å². The molecule has 1 fully saturated rings. The van der Waals surface area contributed by atoms with E-state index >= 15 is 0 Å². The Balaban J connectivity index is 0.00000225. The van der Waals surface area contributed by atoms with Crippen molar-refractivity contribution in [2.75, 3.05) is 6.54 Å². The number of likely N-dealkylation sites (tertiary alicyclic amines) is 1. The van der Waals surface area contributed by atoms with E-state index in [1.165, 1.54) is 4.90 Å². The van der Waals surface area contributed by atoms with Crippen LogP contribution < -0.4 is 0 Å². The third-order valence-corrected chi connectivity index (χ3v) is 2.17. The molecular weight excluding hydrogens is 237 g/mol. The quantitative estimate of drug-likeness (QED) is 0.705. The fourth-order valence-electron chi connectivity index (χ4n) is 1.56. The number of rotatable bonds is 1. The predicted octanol–water partition coefficient (Wildman–Crippen LogP) is 0.822. The number of carbonyl (C=O) groups excluding carboxylic acids is 1. The molecule has 1 saturated heterocycles. The second kappa shape index (κ2) is 6.35. The van der Waals surface area contributed by atoms with Crippen LogP contribution in [0.2, 0.25) is 0 Å². The molecule has 1 atom stereocenters. The zero-order chi connectivity index (χ0) is 11.6. The van der Waals surface area contributed by atoms with Gasteiger partial charge in [-0.2, -0.15) is 0 Å². The number of nitrogens with zero attached hydrogens (tertiary/aromatic N) is 1.